The van der Waals surface area contributed by atoms with Gasteiger partial charge in [0.1, 0.15) is 0 Å². The van der Waals surface area contributed by atoms with Gasteiger partial charge in [-0.25, -0.2) is 9.59 Å². The number of ether oxygens (including phenoxy) is 2. The minimum absolute atomic E-state index is 0.290. The van der Waals surface area contributed by atoms with Gasteiger partial charge in [0, 0.05) is 6.08 Å². The number of esters is 2. The van der Waals surface area contributed by atoms with Crippen LogP contribution in [0, 0.1) is 0 Å². The Labute approximate surface area is 83.2 Å². The molecule has 0 spiro atoms. The molecule has 0 atom stereocenters. The average Bonchev–Trinajstić information content (AvgIpc) is 2.14. The smallest absolute Gasteiger partial charge is 0.373 e. The molecule has 0 aliphatic rings. The fraction of sp³-hybridized carbons (Fsp3) is 0.400. The second-order valence-corrected chi connectivity index (χ2v) is 2.48. The van der Waals surface area contributed by atoms with Gasteiger partial charge in [-0.15, -0.1) is 0 Å². The van der Waals surface area contributed by atoms with Crippen molar-refractivity contribution in [2.24, 2.45) is 0 Å². The molecule has 0 N–H and O–H groups in total. The Morgan fingerprint density at radius 3 is 2.57 bits per heavy atom. The second kappa shape index (κ2) is 6.88. The highest BCUT2D eigenvalue weighted by Crippen LogP contribution is 1.99. The molecule has 0 unspecified atom stereocenters. The van der Waals surface area contributed by atoms with Gasteiger partial charge in [0.05, 0.1) is 6.61 Å². The van der Waals surface area contributed by atoms with Crippen molar-refractivity contribution in [1.29, 1.82) is 0 Å². The molecule has 0 bridgehead atoms. The lowest BCUT2D eigenvalue weighted by Crippen LogP contribution is -2.12. The van der Waals surface area contributed by atoms with E-state index in [0.717, 1.165) is 0 Å². The third kappa shape index (κ3) is 5.13. The molecule has 0 radical (unpaired) electrons. The van der Waals surface area contributed by atoms with Crippen LogP contribution in [-0.2, 0) is 19.1 Å². The molecular formula is C10H14O4. The van der Waals surface area contributed by atoms with Crippen LogP contribution >= 0.6 is 0 Å². The van der Waals surface area contributed by atoms with Crippen molar-refractivity contribution < 1.29 is 19.1 Å². The van der Waals surface area contributed by atoms with Crippen molar-refractivity contribution in [3.05, 3.63) is 24.5 Å². The van der Waals surface area contributed by atoms with Crippen LogP contribution < -0.4 is 0 Å². The topological polar surface area (TPSA) is 52.6 Å². The van der Waals surface area contributed by atoms with Crippen LogP contribution in [0.5, 0.6) is 0 Å². The number of allylic oxidation sites excluding steroid dienone is 1. The molecule has 0 rings (SSSR count). The highest BCUT2D eigenvalue weighted by atomic mass is 16.6. The molecule has 4 nitrogen and oxygen atoms in total. The van der Waals surface area contributed by atoms with Crippen LogP contribution in [0.15, 0.2) is 24.5 Å². The van der Waals surface area contributed by atoms with Crippen LogP contribution in [0.4, 0.5) is 0 Å². The molecule has 4 heteroatoms. The van der Waals surface area contributed by atoms with Crippen molar-refractivity contribution in [3.63, 3.8) is 0 Å². The molecule has 0 saturated carbocycles. The number of carbonyl (C=O) groups is 2. The Kier molecular flexibility index (Phi) is 6.11. The fourth-order valence-corrected chi connectivity index (χ4v) is 0.608. The molecule has 0 heterocycles. The second-order valence-electron chi connectivity index (χ2n) is 2.48. The maximum absolute atomic E-state index is 11.0. The van der Waals surface area contributed by atoms with Crippen molar-refractivity contribution in [2.75, 3.05) is 6.61 Å². The molecule has 0 aromatic carbocycles. The Morgan fingerprint density at radius 2 is 2.07 bits per heavy atom. The van der Waals surface area contributed by atoms with Crippen LogP contribution in [-0.4, -0.2) is 18.5 Å². The van der Waals surface area contributed by atoms with Gasteiger partial charge >= 0.3 is 11.9 Å². The molecule has 0 aliphatic heterocycles. The van der Waals surface area contributed by atoms with E-state index in [1.165, 1.54) is 12.2 Å². The summed E-state index contributed by atoms with van der Waals surface area (Å²) in [6.45, 7) is 7.10. The van der Waals surface area contributed by atoms with Gasteiger partial charge in [-0.2, -0.15) is 0 Å². The van der Waals surface area contributed by atoms with E-state index in [2.05, 4.69) is 11.3 Å². The summed E-state index contributed by atoms with van der Waals surface area (Å²) in [4.78, 5) is 21.9. The van der Waals surface area contributed by atoms with E-state index in [4.69, 9.17) is 4.74 Å². The Bertz CT molecular complexity index is 253. The van der Waals surface area contributed by atoms with Gasteiger partial charge in [0.2, 0.25) is 5.76 Å². The number of carbonyl (C=O) groups excluding carboxylic acids is 2. The predicted molar refractivity (Wildman–Crippen MR) is 51.3 cm³/mol. The number of hydrogen-bond acceptors (Lipinski definition) is 4. The third-order valence-corrected chi connectivity index (χ3v) is 1.19. The highest BCUT2D eigenvalue weighted by Gasteiger charge is 2.11. The van der Waals surface area contributed by atoms with Gasteiger partial charge in [0.15, 0.2) is 0 Å². The van der Waals surface area contributed by atoms with E-state index < -0.39 is 11.9 Å². The van der Waals surface area contributed by atoms with Crippen LogP contribution in [0.25, 0.3) is 0 Å². The predicted octanol–water partition coefficient (Wildman–Crippen LogP) is 1.57. The zero-order valence-corrected chi connectivity index (χ0v) is 8.41. The van der Waals surface area contributed by atoms with Gasteiger partial charge in [0.25, 0.3) is 0 Å². The standard InChI is InChI=1S/C10H14O4/c1-4-6-9(11)14-8(3)10(12)13-7-5-2/h4,6H,3,5,7H2,1-2H3. The van der Waals surface area contributed by atoms with Gasteiger partial charge in [-0.05, 0) is 19.9 Å². The summed E-state index contributed by atoms with van der Waals surface area (Å²) in [6, 6.07) is 0. The monoisotopic (exact) mass is 198 g/mol. The molecule has 0 aromatic rings. The zero-order valence-electron chi connectivity index (χ0n) is 8.41. The molecular weight excluding hydrogens is 184 g/mol. The first-order valence-corrected chi connectivity index (χ1v) is 4.32. The average molecular weight is 198 g/mol. The molecule has 0 saturated heterocycles. The van der Waals surface area contributed by atoms with E-state index >= 15 is 0 Å². The minimum Gasteiger partial charge on any atom is -0.460 e. The Morgan fingerprint density at radius 1 is 1.43 bits per heavy atom. The normalized spacial score (nSPS) is 9.86. The summed E-state index contributed by atoms with van der Waals surface area (Å²) in [7, 11) is 0. The summed E-state index contributed by atoms with van der Waals surface area (Å²) < 4.78 is 9.25. The Hall–Kier alpha value is -1.58. The van der Waals surface area contributed by atoms with E-state index in [1.54, 1.807) is 6.92 Å². The van der Waals surface area contributed by atoms with Crippen LogP contribution in [0.2, 0.25) is 0 Å². The summed E-state index contributed by atoms with van der Waals surface area (Å²) in [6.07, 6.45) is 3.41. The lowest BCUT2D eigenvalue weighted by molar-refractivity contribution is -0.149. The zero-order chi connectivity index (χ0) is 11.0. The fourth-order valence-electron chi connectivity index (χ4n) is 0.608. The van der Waals surface area contributed by atoms with Crippen LogP contribution in [0.1, 0.15) is 20.3 Å². The first kappa shape index (κ1) is 12.4. The quantitative estimate of drug-likeness (QED) is 0.382. The van der Waals surface area contributed by atoms with Gasteiger partial charge < -0.3 is 9.47 Å². The summed E-state index contributed by atoms with van der Waals surface area (Å²) in [5.41, 5.74) is 0. The van der Waals surface area contributed by atoms with Crippen molar-refractivity contribution in [3.8, 4) is 0 Å². The van der Waals surface area contributed by atoms with E-state index in [9.17, 15) is 9.59 Å². The van der Waals surface area contributed by atoms with Gasteiger partial charge in [-0.3, -0.25) is 0 Å². The highest BCUT2D eigenvalue weighted by molar-refractivity contribution is 5.91. The first-order valence-electron chi connectivity index (χ1n) is 4.32. The summed E-state index contributed by atoms with van der Waals surface area (Å²) >= 11 is 0. The summed E-state index contributed by atoms with van der Waals surface area (Å²) in [5, 5.41) is 0. The van der Waals surface area contributed by atoms with Gasteiger partial charge in [-0.1, -0.05) is 13.0 Å². The van der Waals surface area contributed by atoms with E-state index in [1.807, 2.05) is 6.92 Å². The largest absolute Gasteiger partial charge is 0.460 e. The van der Waals surface area contributed by atoms with Crippen molar-refractivity contribution in [1.82, 2.24) is 0 Å². The lowest BCUT2D eigenvalue weighted by Gasteiger charge is -2.04. The number of rotatable bonds is 5. The SMILES string of the molecule is C=C(OC(=O)C=CC)C(=O)OCCC. The molecule has 0 fully saturated rings. The first-order chi connectivity index (χ1) is 6.61. The lowest BCUT2D eigenvalue weighted by atomic mass is 10.5. The van der Waals surface area contributed by atoms with Crippen molar-refractivity contribution >= 4 is 11.9 Å². The maximum Gasteiger partial charge on any atom is 0.373 e. The molecule has 14 heavy (non-hydrogen) atoms. The van der Waals surface area contributed by atoms with E-state index in [-0.39, 0.29) is 5.76 Å². The summed E-state index contributed by atoms with van der Waals surface area (Å²) in [5.74, 6) is -1.63. The third-order valence-electron chi connectivity index (χ3n) is 1.19. The maximum atomic E-state index is 11.0. The minimum atomic E-state index is -0.704. The van der Waals surface area contributed by atoms with Crippen molar-refractivity contribution in [2.45, 2.75) is 20.3 Å². The molecule has 0 aromatic heterocycles. The molecule has 0 amide bonds. The van der Waals surface area contributed by atoms with E-state index in [0.29, 0.717) is 13.0 Å². The van der Waals surface area contributed by atoms with Crippen LogP contribution in [0.3, 0.4) is 0 Å². The Balaban J connectivity index is 3.95. The molecule has 0 aliphatic carbocycles. The molecule has 78 valence electrons. The number of hydrogen-bond donors (Lipinski definition) is 0.